The molecule has 0 atom stereocenters. The summed E-state index contributed by atoms with van der Waals surface area (Å²) in [6.45, 7) is 0. The van der Waals surface area contributed by atoms with Crippen molar-refractivity contribution in [3.05, 3.63) is 78.2 Å². The molecule has 0 fully saturated rings. The van der Waals surface area contributed by atoms with Gasteiger partial charge in [-0.3, -0.25) is 0 Å². The third-order valence-electron chi connectivity index (χ3n) is 4.98. The molecule has 0 spiro atoms. The van der Waals surface area contributed by atoms with Gasteiger partial charge in [-0.05, 0) is 22.9 Å². The normalized spacial score (nSPS) is 12.5. The van der Waals surface area contributed by atoms with Crippen LogP contribution in [-0.4, -0.2) is 0 Å². The molecule has 0 N–H and O–H groups in total. The van der Waals surface area contributed by atoms with Gasteiger partial charge in [0.2, 0.25) is 16.4 Å². The van der Waals surface area contributed by atoms with Crippen molar-refractivity contribution in [3.8, 4) is 0 Å². The molecule has 4 aromatic rings. The van der Waals surface area contributed by atoms with Crippen LogP contribution in [0, 0.1) is 5.36 Å². The molecule has 2 heterocycles. The average Bonchev–Trinajstić information content (AvgIpc) is 3.07. The minimum atomic E-state index is 1.31. The van der Waals surface area contributed by atoms with E-state index in [1.54, 1.807) is 0 Å². The fourth-order valence-corrected chi connectivity index (χ4v) is 4.17. The maximum Gasteiger partial charge on any atom is 0.228 e. The Morgan fingerprint density at radius 1 is 0.500 bits per heavy atom. The van der Waals surface area contributed by atoms with Gasteiger partial charge >= 0.3 is 0 Å². The van der Waals surface area contributed by atoms with Crippen molar-refractivity contribution in [2.45, 2.75) is 0 Å². The maximum atomic E-state index is 2.44. The number of aromatic nitrogens is 1. The van der Waals surface area contributed by atoms with E-state index in [1.807, 2.05) is 0 Å². The van der Waals surface area contributed by atoms with Crippen molar-refractivity contribution in [1.29, 1.82) is 0 Å². The smallest absolute Gasteiger partial charge is 0.151 e. The topological polar surface area (TPSA) is 5.90 Å². The Labute approximate surface area is 126 Å². The molecule has 0 amide bonds. The van der Waals surface area contributed by atoms with Crippen molar-refractivity contribution in [1.82, 2.24) is 0 Å². The predicted octanol–water partition coefficient (Wildman–Crippen LogP) is 4.70. The van der Waals surface area contributed by atoms with Gasteiger partial charge in [0, 0.05) is 12.1 Å². The molecule has 0 unspecified atom stereocenters. The second kappa shape index (κ2) is 3.45. The number of hydrogen-bond acceptors (Lipinski definition) is 0. The molecule has 100 valence electrons. The Bertz CT molecular complexity index is 1160. The van der Waals surface area contributed by atoms with E-state index in [2.05, 4.69) is 77.0 Å². The van der Waals surface area contributed by atoms with Crippen molar-refractivity contribution in [2.75, 3.05) is 0 Å². The Morgan fingerprint density at radius 2 is 0.955 bits per heavy atom. The zero-order chi connectivity index (χ0) is 14.3. The predicted molar refractivity (Wildman–Crippen MR) is 90.9 cm³/mol. The van der Waals surface area contributed by atoms with Crippen LogP contribution in [-0.2, 0) is 0 Å². The first kappa shape index (κ1) is 10.7. The molecule has 0 aromatic heterocycles. The summed E-state index contributed by atoms with van der Waals surface area (Å²) in [6.07, 6.45) is 0. The number of benzene rings is 4. The molecule has 0 saturated heterocycles. The molecule has 1 nitrogen and oxygen atoms in total. The quantitative estimate of drug-likeness (QED) is 0.355. The van der Waals surface area contributed by atoms with Gasteiger partial charge in [-0.15, -0.1) is 0 Å². The highest BCUT2D eigenvalue weighted by Crippen LogP contribution is 2.33. The first-order valence-corrected chi connectivity index (χ1v) is 7.65. The van der Waals surface area contributed by atoms with Crippen LogP contribution in [0.5, 0.6) is 0 Å². The lowest BCUT2D eigenvalue weighted by Gasteiger charge is -1.96. The van der Waals surface area contributed by atoms with Gasteiger partial charge in [0.15, 0.2) is 0 Å². The highest BCUT2D eigenvalue weighted by Gasteiger charge is 2.24. The summed E-state index contributed by atoms with van der Waals surface area (Å²) >= 11 is 0. The van der Waals surface area contributed by atoms with Gasteiger partial charge in [-0.25, -0.2) is 0 Å². The van der Waals surface area contributed by atoms with Gasteiger partial charge in [0.1, 0.15) is 0 Å². The molecule has 22 heavy (non-hydrogen) atoms. The van der Waals surface area contributed by atoms with E-state index in [1.165, 1.54) is 48.7 Å². The van der Waals surface area contributed by atoms with Crippen LogP contribution < -0.4 is 4.24 Å². The summed E-state index contributed by atoms with van der Waals surface area (Å²) in [5, 5.41) is 9.47. The third kappa shape index (κ3) is 1.04. The molecular formula is C21H12N+. The molecule has 0 radical (unpaired) electrons. The van der Waals surface area contributed by atoms with Crippen molar-refractivity contribution >= 4 is 43.4 Å². The summed E-state index contributed by atoms with van der Waals surface area (Å²) in [6, 6.07) is 26.5. The summed E-state index contributed by atoms with van der Waals surface area (Å²) in [5.74, 6) is 0. The van der Waals surface area contributed by atoms with E-state index in [-0.39, 0.29) is 0 Å². The highest BCUT2D eigenvalue weighted by atomic mass is 14.9. The Hall–Kier alpha value is -2.93. The van der Waals surface area contributed by atoms with Crippen LogP contribution in [0.4, 0.5) is 0 Å². The Kier molecular flexibility index (Phi) is 1.69. The van der Waals surface area contributed by atoms with E-state index in [0.29, 0.717) is 0 Å². The van der Waals surface area contributed by atoms with E-state index >= 15 is 0 Å². The van der Waals surface area contributed by atoms with Crippen LogP contribution in [0.2, 0.25) is 0 Å². The minimum absolute atomic E-state index is 1.31. The number of fused-ring (bicyclic) bond motifs is 4. The molecule has 4 aromatic carbocycles. The van der Waals surface area contributed by atoms with Gasteiger partial charge in [-0.1, -0.05) is 48.5 Å². The average molecular weight is 278 g/mol. The Morgan fingerprint density at radius 3 is 1.45 bits per heavy atom. The second-order valence-corrected chi connectivity index (χ2v) is 6.05. The van der Waals surface area contributed by atoms with Crippen LogP contribution in [0.3, 0.4) is 0 Å². The number of hydrogen-bond donors (Lipinski definition) is 0. The van der Waals surface area contributed by atoms with E-state index in [0.717, 1.165) is 0 Å². The first-order chi connectivity index (χ1) is 10.9. The van der Waals surface area contributed by atoms with Crippen LogP contribution in [0.25, 0.3) is 43.4 Å². The van der Waals surface area contributed by atoms with Gasteiger partial charge in [0.05, 0.1) is 21.5 Å². The van der Waals surface area contributed by atoms with Gasteiger partial charge in [-0.2, -0.15) is 4.24 Å². The SMILES string of the molecule is c1cc2cccc3c2c(c1)c1c2cccc4cccc(c42)[n+]3=1. The highest BCUT2D eigenvalue weighted by molar-refractivity contribution is 6.14. The fraction of sp³-hybridized carbons (Fsp3) is 0. The monoisotopic (exact) mass is 278 g/mol. The zero-order valence-electron chi connectivity index (χ0n) is 11.9. The molecular weight excluding hydrogens is 266 g/mol. The summed E-state index contributed by atoms with van der Waals surface area (Å²) < 4.78 is 2.44. The maximum absolute atomic E-state index is 2.44. The van der Waals surface area contributed by atoms with Crippen molar-refractivity contribution in [3.63, 3.8) is 0 Å². The standard InChI is InChI=1S/C21H12N/c1-5-13-7-3-11-17-19(13)15(9-1)21-16-10-2-6-14-8-4-12-18(20(14)16)22(17)21/h1-12H/q+1. The first-order valence-electron chi connectivity index (χ1n) is 7.65. The van der Waals surface area contributed by atoms with Crippen molar-refractivity contribution < 1.29 is 4.24 Å². The number of rotatable bonds is 0. The molecule has 1 heteroatoms. The molecule has 2 aliphatic rings. The fourth-order valence-electron chi connectivity index (χ4n) is 4.17. The molecule has 2 aliphatic heterocycles. The molecule has 0 saturated carbocycles. The second-order valence-electron chi connectivity index (χ2n) is 6.05. The zero-order valence-corrected chi connectivity index (χ0v) is 11.9. The lowest BCUT2D eigenvalue weighted by Crippen LogP contribution is -2.13. The largest absolute Gasteiger partial charge is 0.228 e. The van der Waals surface area contributed by atoms with Gasteiger partial charge in [0.25, 0.3) is 0 Å². The number of nitrogens with zero attached hydrogens (tertiary/aromatic N) is 1. The van der Waals surface area contributed by atoms with Crippen molar-refractivity contribution in [2.24, 2.45) is 0 Å². The molecule has 6 rings (SSSR count). The van der Waals surface area contributed by atoms with Crippen LogP contribution in [0.1, 0.15) is 0 Å². The van der Waals surface area contributed by atoms with Crippen LogP contribution >= 0.6 is 0 Å². The Balaban J connectivity index is 2.17. The lowest BCUT2D eigenvalue weighted by atomic mass is 10.0. The van der Waals surface area contributed by atoms with E-state index in [9.17, 15) is 0 Å². The summed E-state index contributed by atoms with van der Waals surface area (Å²) in [7, 11) is 0. The summed E-state index contributed by atoms with van der Waals surface area (Å²) in [5.41, 5.74) is 2.62. The van der Waals surface area contributed by atoms with E-state index < -0.39 is 0 Å². The summed E-state index contributed by atoms with van der Waals surface area (Å²) in [4.78, 5) is 0. The van der Waals surface area contributed by atoms with Gasteiger partial charge < -0.3 is 0 Å². The van der Waals surface area contributed by atoms with Crippen LogP contribution in [0.15, 0.2) is 72.8 Å². The third-order valence-corrected chi connectivity index (χ3v) is 4.98. The lowest BCUT2D eigenvalue weighted by molar-refractivity contribution is -0.442. The molecule has 0 bridgehead atoms. The van der Waals surface area contributed by atoms with E-state index in [4.69, 9.17) is 0 Å². The minimum Gasteiger partial charge on any atom is -0.151 e. The molecule has 0 aliphatic carbocycles.